The molecule has 1 atom stereocenters. The van der Waals surface area contributed by atoms with Crippen molar-refractivity contribution in [1.29, 1.82) is 5.26 Å². The number of rotatable bonds is 5. The van der Waals surface area contributed by atoms with E-state index in [2.05, 4.69) is 56.3 Å². The van der Waals surface area contributed by atoms with Crippen molar-refractivity contribution >= 4 is 33.1 Å². The highest BCUT2D eigenvalue weighted by Crippen LogP contribution is 2.28. The quantitative estimate of drug-likeness (QED) is 0.640. The lowest BCUT2D eigenvalue weighted by Crippen LogP contribution is -2.08. The maximum Gasteiger partial charge on any atom is 0.130 e. The van der Waals surface area contributed by atoms with E-state index in [0.29, 0.717) is 6.42 Å². The van der Waals surface area contributed by atoms with Gasteiger partial charge >= 0.3 is 0 Å². The van der Waals surface area contributed by atoms with Gasteiger partial charge in [0.05, 0.1) is 23.1 Å². The summed E-state index contributed by atoms with van der Waals surface area (Å²) in [6.07, 6.45) is 2.00. The van der Waals surface area contributed by atoms with Crippen LogP contribution < -0.4 is 5.32 Å². The number of hydrogen-bond donors (Lipinski definition) is 1. The van der Waals surface area contributed by atoms with Crippen LogP contribution >= 0.6 is 27.3 Å². The molecule has 1 unspecified atom stereocenters. The zero-order chi connectivity index (χ0) is 16.9. The summed E-state index contributed by atoms with van der Waals surface area (Å²) < 4.78 is 1.06. The third-order valence-corrected chi connectivity index (χ3v) is 5.21. The van der Waals surface area contributed by atoms with E-state index in [1.165, 1.54) is 5.56 Å². The first-order valence-corrected chi connectivity index (χ1v) is 9.07. The molecule has 1 N–H and O–H groups in total. The van der Waals surface area contributed by atoms with Gasteiger partial charge in [-0.15, -0.1) is 11.3 Å². The molecule has 0 aliphatic carbocycles. The van der Waals surface area contributed by atoms with E-state index in [1.54, 1.807) is 17.7 Å². The fourth-order valence-electron chi connectivity index (χ4n) is 2.32. The van der Waals surface area contributed by atoms with Crippen LogP contribution in [0.1, 0.15) is 23.4 Å². The van der Waals surface area contributed by atoms with Gasteiger partial charge in [-0.05, 0) is 36.8 Å². The molecule has 0 fully saturated rings. The molecule has 3 aromatic rings. The topological polar surface area (TPSA) is 61.6 Å². The average molecular weight is 399 g/mol. The van der Waals surface area contributed by atoms with Gasteiger partial charge in [-0.25, -0.2) is 9.97 Å². The summed E-state index contributed by atoms with van der Waals surface area (Å²) in [5.41, 5.74) is 2.05. The van der Waals surface area contributed by atoms with Crippen molar-refractivity contribution in [1.82, 2.24) is 9.97 Å². The highest BCUT2D eigenvalue weighted by atomic mass is 79.9. The fourth-order valence-corrected chi connectivity index (χ4v) is 3.49. The molecule has 4 nitrogen and oxygen atoms in total. The number of nitrogens with one attached hydrogen (secondary N) is 1. The number of aromatic nitrogens is 2. The van der Waals surface area contributed by atoms with Crippen LogP contribution in [0.3, 0.4) is 0 Å². The molecular weight excluding hydrogens is 384 g/mol. The van der Waals surface area contributed by atoms with Gasteiger partial charge in [-0.2, -0.15) is 5.26 Å². The molecule has 3 rings (SSSR count). The van der Waals surface area contributed by atoms with Crippen LogP contribution in [0.5, 0.6) is 0 Å². The van der Waals surface area contributed by atoms with Crippen molar-refractivity contribution in [2.24, 2.45) is 0 Å². The maximum atomic E-state index is 8.79. The smallest absolute Gasteiger partial charge is 0.130 e. The highest BCUT2D eigenvalue weighted by Gasteiger charge is 2.09. The van der Waals surface area contributed by atoms with Crippen molar-refractivity contribution in [3.63, 3.8) is 0 Å². The molecule has 2 heterocycles. The number of nitrogens with zero attached hydrogens (tertiary/aromatic N) is 3. The van der Waals surface area contributed by atoms with Gasteiger partial charge in [0.25, 0.3) is 0 Å². The summed E-state index contributed by atoms with van der Waals surface area (Å²) in [6, 6.07) is 16.4. The summed E-state index contributed by atoms with van der Waals surface area (Å²) >= 11 is 5.04. The van der Waals surface area contributed by atoms with E-state index < -0.39 is 0 Å². The summed E-state index contributed by atoms with van der Waals surface area (Å²) in [4.78, 5) is 10.7. The predicted octanol–water partition coefficient (Wildman–Crippen LogP) is 5.21. The van der Waals surface area contributed by atoms with Gasteiger partial charge in [0.1, 0.15) is 12.1 Å². The normalized spacial score (nSPS) is 11.7. The van der Waals surface area contributed by atoms with E-state index in [9.17, 15) is 0 Å². The second-order valence-electron chi connectivity index (χ2n) is 5.31. The zero-order valence-corrected chi connectivity index (χ0v) is 15.4. The third-order valence-electron chi connectivity index (χ3n) is 3.57. The van der Waals surface area contributed by atoms with E-state index in [4.69, 9.17) is 5.26 Å². The minimum absolute atomic E-state index is 0.137. The number of thiophene rings is 1. The van der Waals surface area contributed by atoms with Crippen LogP contribution in [0.25, 0.3) is 10.6 Å². The Morgan fingerprint density at radius 1 is 1.21 bits per heavy atom. The zero-order valence-electron chi connectivity index (χ0n) is 13.0. The minimum Gasteiger partial charge on any atom is -0.363 e. The van der Waals surface area contributed by atoms with Crippen LogP contribution in [0.2, 0.25) is 0 Å². The van der Waals surface area contributed by atoms with Crippen LogP contribution in [-0.4, -0.2) is 9.97 Å². The largest absolute Gasteiger partial charge is 0.363 e. The monoisotopic (exact) mass is 398 g/mol. The molecule has 0 spiro atoms. The molecule has 0 aliphatic heterocycles. The van der Waals surface area contributed by atoms with Crippen molar-refractivity contribution in [3.05, 3.63) is 63.7 Å². The van der Waals surface area contributed by atoms with Crippen LogP contribution in [0.15, 0.2) is 53.3 Å². The molecule has 24 heavy (non-hydrogen) atoms. The lowest BCUT2D eigenvalue weighted by atomic mass is 10.1. The van der Waals surface area contributed by atoms with Gasteiger partial charge in [-0.1, -0.05) is 28.1 Å². The van der Waals surface area contributed by atoms with E-state index in [0.717, 1.165) is 25.7 Å². The second kappa shape index (κ2) is 7.56. The van der Waals surface area contributed by atoms with E-state index in [1.807, 2.05) is 30.3 Å². The summed E-state index contributed by atoms with van der Waals surface area (Å²) in [5, 5.41) is 12.2. The molecule has 0 radical (unpaired) electrons. The van der Waals surface area contributed by atoms with Gasteiger partial charge in [0.2, 0.25) is 0 Å². The van der Waals surface area contributed by atoms with Crippen LogP contribution in [0.4, 0.5) is 5.82 Å². The molecule has 6 heteroatoms. The maximum absolute atomic E-state index is 8.79. The molecular formula is C18H15BrN4S. The van der Waals surface area contributed by atoms with E-state index >= 15 is 0 Å². The van der Waals surface area contributed by atoms with Gasteiger partial charge < -0.3 is 5.32 Å². The Labute approximate surface area is 153 Å². The van der Waals surface area contributed by atoms with Crippen molar-refractivity contribution < 1.29 is 0 Å². The summed E-state index contributed by atoms with van der Waals surface area (Å²) in [5.74, 6) is 0.783. The standard InChI is InChI=1S/C18H15BrN4S/c1-12(13-2-4-14(19)5-3-13)23-18-10-16(21-11-22-18)17-7-6-15(24-17)8-9-20/h2-7,10-12H,8H2,1H3,(H,21,22,23). The molecule has 0 saturated heterocycles. The Balaban J connectivity index is 1.77. The molecule has 1 aromatic carbocycles. The number of halogens is 1. The van der Waals surface area contributed by atoms with Crippen LogP contribution in [0, 0.1) is 11.3 Å². The van der Waals surface area contributed by atoms with Crippen molar-refractivity contribution in [2.75, 3.05) is 5.32 Å². The fraction of sp³-hybridized carbons (Fsp3) is 0.167. The Hall–Kier alpha value is -2.23. The lowest BCUT2D eigenvalue weighted by molar-refractivity contribution is 0.872. The highest BCUT2D eigenvalue weighted by molar-refractivity contribution is 9.10. The summed E-state index contributed by atoms with van der Waals surface area (Å²) in [7, 11) is 0. The molecule has 2 aromatic heterocycles. The van der Waals surface area contributed by atoms with Gasteiger partial charge in [-0.3, -0.25) is 0 Å². The third kappa shape index (κ3) is 3.99. The first-order chi connectivity index (χ1) is 11.7. The Morgan fingerprint density at radius 2 is 2.00 bits per heavy atom. The second-order valence-corrected chi connectivity index (χ2v) is 7.39. The lowest BCUT2D eigenvalue weighted by Gasteiger charge is -2.15. The SMILES string of the molecule is CC(Nc1cc(-c2ccc(CC#N)s2)ncn1)c1ccc(Br)cc1. The average Bonchev–Trinajstić information content (AvgIpc) is 3.05. The first kappa shape index (κ1) is 16.6. The number of benzene rings is 1. The number of hydrogen-bond acceptors (Lipinski definition) is 5. The molecule has 120 valence electrons. The number of anilines is 1. The molecule has 0 saturated carbocycles. The summed E-state index contributed by atoms with van der Waals surface area (Å²) in [6.45, 7) is 2.10. The van der Waals surface area contributed by atoms with E-state index in [-0.39, 0.29) is 6.04 Å². The van der Waals surface area contributed by atoms with Gasteiger partial charge in [0, 0.05) is 21.5 Å². The Bertz CT molecular complexity index is 867. The Morgan fingerprint density at radius 3 is 2.75 bits per heavy atom. The van der Waals surface area contributed by atoms with Crippen molar-refractivity contribution in [2.45, 2.75) is 19.4 Å². The molecule has 0 amide bonds. The van der Waals surface area contributed by atoms with Gasteiger partial charge in [0.15, 0.2) is 0 Å². The van der Waals surface area contributed by atoms with Crippen LogP contribution in [-0.2, 0) is 6.42 Å². The molecule has 0 bridgehead atoms. The minimum atomic E-state index is 0.137. The molecule has 0 aliphatic rings. The number of nitriles is 1. The first-order valence-electron chi connectivity index (χ1n) is 7.46. The predicted molar refractivity (Wildman–Crippen MR) is 101 cm³/mol. The van der Waals surface area contributed by atoms with Crippen molar-refractivity contribution in [3.8, 4) is 16.6 Å². The Kier molecular flexibility index (Phi) is 5.24.